The average Bonchev–Trinajstić information content (AvgIpc) is 2.55. The first kappa shape index (κ1) is 18.0. The van der Waals surface area contributed by atoms with E-state index >= 15 is 0 Å². The smallest absolute Gasteiger partial charge is 0.408 e. The molecule has 0 aliphatic heterocycles. The highest BCUT2D eigenvalue weighted by Gasteiger charge is 2.20. The summed E-state index contributed by atoms with van der Waals surface area (Å²) in [5.41, 5.74) is 0.849. The van der Waals surface area contributed by atoms with Gasteiger partial charge in [0.25, 0.3) is 0 Å². The van der Waals surface area contributed by atoms with Crippen LogP contribution in [0.4, 0.5) is 4.79 Å². The molecule has 0 aromatic heterocycles. The van der Waals surface area contributed by atoms with Crippen molar-refractivity contribution in [1.29, 1.82) is 0 Å². The van der Waals surface area contributed by atoms with E-state index < -0.39 is 24.6 Å². The number of nitrogens with one attached hydrogen (secondary N) is 2. The zero-order valence-electron chi connectivity index (χ0n) is 12.9. The Morgan fingerprint density at radius 3 is 2.59 bits per heavy atom. The molecule has 0 unspecified atom stereocenters. The Morgan fingerprint density at radius 1 is 1.23 bits per heavy atom. The van der Waals surface area contributed by atoms with Crippen LogP contribution in [0.1, 0.15) is 31.7 Å². The first-order valence-electron chi connectivity index (χ1n) is 7.53. The lowest BCUT2D eigenvalue weighted by Crippen LogP contribution is -2.49. The molecule has 0 saturated carbocycles. The molecule has 3 N–H and O–H groups in total. The Labute approximate surface area is 130 Å². The fourth-order valence-corrected chi connectivity index (χ4v) is 1.81. The quantitative estimate of drug-likeness (QED) is 0.604. The van der Waals surface area contributed by atoms with Crippen LogP contribution in [0, 0.1) is 0 Å². The molecule has 0 spiro atoms. The van der Waals surface area contributed by atoms with Crippen molar-refractivity contribution in [3.8, 4) is 0 Å². The monoisotopic (exact) mass is 308 g/mol. The van der Waals surface area contributed by atoms with Crippen molar-refractivity contribution in [2.45, 2.75) is 38.8 Å². The molecule has 0 radical (unpaired) electrons. The number of rotatable bonds is 9. The number of hydrogen-bond donors (Lipinski definition) is 3. The maximum Gasteiger partial charge on any atom is 0.408 e. The third-order valence-electron chi connectivity index (χ3n) is 3.08. The highest BCUT2D eigenvalue weighted by Crippen LogP contribution is 2.00. The molecule has 2 amide bonds. The Morgan fingerprint density at radius 2 is 1.95 bits per heavy atom. The molecule has 0 saturated heterocycles. The van der Waals surface area contributed by atoms with Gasteiger partial charge in [0.15, 0.2) is 0 Å². The lowest BCUT2D eigenvalue weighted by Gasteiger charge is -2.16. The van der Waals surface area contributed by atoms with Gasteiger partial charge in [-0.05, 0) is 12.0 Å². The van der Waals surface area contributed by atoms with E-state index in [1.165, 1.54) is 0 Å². The predicted octanol–water partition coefficient (Wildman–Crippen LogP) is 1.58. The second-order valence-corrected chi connectivity index (χ2v) is 4.94. The normalized spacial score (nSPS) is 11.5. The molecule has 1 rings (SSSR count). The van der Waals surface area contributed by atoms with Gasteiger partial charge in [0.2, 0.25) is 5.91 Å². The number of carbonyl (C=O) groups is 2. The van der Waals surface area contributed by atoms with Crippen LogP contribution < -0.4 is 10.6 Å². The van der Waals surface area contributed by atoms with E-state index in [1.807, 2.05) is 30.3 Å². The van der Waals surface area contributed by atoms with E-state index in [1.54, 1.807) is 0 Å². The van der Waals surface area contributed by atoms with E-state index in [0.29, 0.717) is 6.54 Å². The van der Waals surface area contributed by atoms with Gasteiger partial charge in [-0.1, -0.05) is 50.1 Å². The number of alkyl carbamates (subject to hydrolysis) is 1. The third kappa shape index (κ3) is 7.08. The summed E-state index contributed by atoms with van der Waals surface area (Å²) in [4.78, 5) is 23.4. The van der Waals surface area contributed by atoms with E-state index in [-0.39, 0.29) is 6.61 Å². The molecule has 0 aliphatic carbocycles. The van der Waals surface area contributed by atoms with Crippen molar-refractivity contribution in [3.63, 3.8) is 0 Å². The number of amides is 2. The molecular formula is C16H24N2O4. The average molecular weight is 308 g/mol. The summed E-state index contributed by atoms with van der Waals surface area (Å²) in [6.45, 7) is 2.25. The van der Waals surface area contributed by atoms with E-state index in [2.05, 4.69) is 17.6 Å². The first-order valence-corrected chi connectivity index (χ1v) is 7.53. The molecule has 6 heteroatoms. The maximum absolute atomic E-state index is 11.8. The van der Waals surface area contributed by atoms with Crippen LogP contribution in [0.15, 0.2) is 30.3 Å². The van der Waals surface area contributed by atoms with Gasteiger partial charge in [0, 0.05) is 6.54 Å². The zero-order chi connectivity index (χ0) is 16.2. The SMILES string of the molecule is CCCCCNC(=O)[C@H](CO)NC(=O)OCc1ccccc1. The minimum atomic E-state index is -0.995. The Kier molecular flexibility index (Phi) is 8.67. The van der Waals surface area contributed by atoms with Crippen LogP contribution in [-0.2, 0) is 16.1 Å². The minimum absolute atomic E-state index is 0.114. The van der Waals surface area contributed by atoms with E-state index in [4.69, 9.17) is 4.74 Å². The second-order valence-electron chi connectivity index (χ2n) is 4.94. The summed E-state index contributed by atoms with van der Waals surface area (Å²) in [5, 5.41) is 14.2. The molecule has 0 bridgehead atoms. The van der Waals surface area contributed by atoms with Gasteiger partial charge in [0.1, 0.15) is 12.6 Å². The van der Waals surface area contributed by atoms with Gasteiger partial charge in [-0.3, -0.25) is 4.79 Å². The van der Waals surface area contributed by atoms with Gasteiger partial charge >= 0.3 is 6.09 Å². The van der Waals surface area contributed by atoms with Crippen molar-refractivity contribution >= 4 is 12.0 Å². The lowest BCUT2D eigenvalue weighted by atomic mass is 10.2. The Balaban J connectivity index is 2.31. The molecule has 1 atom stereocenters. The van der Waals surface area contributed by atoms with Crippen LogP contribution in [0.3, 0.4) is 0 Å². The van der Waals surface area contributed by atoms with Crippen LogP contribution in [0.2, 0.25) is 0 Å². The number of aliphatic hydroxyl groups is 1. The zero-order valence-corrected chi connectivity index (χ0v) is 12.9. The number of carbonyl (C=O) groups excluding carboxylic acids is 2. The van der Waals surface area contributed by atoms with Crippen LogP contribution in [0.5, 0.6) is 0 Å². The fourth-order valence-electron chi connectivity index (χ4n) is 1.81. The molecule has 0 aliphatic rings. The molecule has 6 nitrogen and oxygen atoms in total. The summed E-state index contributed by atoms with van der Waals surface area (Å²) in [6.07, 6.45) is 2.23. The largest absolute Gasteiger partial charge is 0.445 e. The lowest BCUT2D eigenvalue weighted by molar-refractivity contribution is -0.123. The van der Waals surface area contributed by atoms with Crippen molar-refractivity contribution < 1.29 is 19.4 Å². The van der Waals surface area contributed by atoms with Crippen molar-refractivity contribution in [1.82, 2.24) is 10.6 Å². The van der Waals surface area contributed by atoms with Crippen LogP contribution >= 0.6 is 0 Å². The van der Waals surface area contributed by atoms with E-state index in [9.17, 15) is 14.7 Å². The van der Waals surface area contributed by atoms with Gasteiger partial charge in [-0.2, -0.15) is 0 Å². The molecule has 0 heterocycles. The predicted molar refractivity (Wildman–Crippen MR) is 83.2 cm³/mol. The first-order chi connectivity index (χ1) is 10.7. The highest BCUT2D eigenvalue weighted by atomic mass is 16.5. The van der Waals surface area contributed by atoms with Crippen molar-refractivity contribution in [2.24, 2.45) is 0 Å². The summed E-state index contributed by atoms with van der Waals surface area (Å²) < 4.78 is 5.01. The Bertz CT molecular complexity index is 451. The fraction of sp³-hybridized carbons (Fsp3) is 0.500. The number of aliphatic hydroxyl groups excluding tert-OH is 1. The van der Waals surface area contributed by atoms with Crippen LogP contribution in [-0.4, -0.2) is 36.3 Å². The number of benzene rings is 1. The standard InChI is InChI=1S/C16H24N2O4/c1-2-3-7-10-17-15(20)14(11-19)18-16(21)22-12-13-8-5-4-6-9-13/h4-6,8-9,14,19H,2-3,7,10-12H2,1H3,(H,17,20)(H,18,21)/t14-/m0/s1. The second kappa shape index (κ2) is 10.6. The molecule has 1 aromatic carbocycles. The molecule has 0 fully saturated rings. The summed E-state index contributed by atoms with van der Waals surface area (Å²) in [6, 6.07) is 8.22. The molecular weight excluding hydrogens is 284 g/mol. The summed E-state index contributed by atoms with van der Waals surface area (Å²) in [5.74, 6) is -0.407. The van der Waals surface area contributed by atoms with E-state index in [0.717, 1.165) is 24.8 Å². The summed E-state index contributed by atoms with van der Waals surface area (Å²) in [7, 11) is 0. The third-order valence-corrected chi connectivity index (χ3v) is 3.08. The molecule has 122 valence electrons. The van der Waals surface area contributed by atoms with Gasteiger partial charge < -0.3 is 20.5 Å². The maximum atomic E-state index is 11.8. The number of hydrogen-bond acceptors (Lipinski definition) is 4. The van der Waals surface area contributed by atoms with Crippen LogP contribution in [0.25, 0.3) is 0 Å². The van der Waals surface area contributed by atoms with Gasteiger partial charge in [0.05, 0.1) is 6.61 Å². The number of ether oxygens (including phenoxy) is 1. The highest BCUT2D eigenvalue weighted by molar-refractivity contribution is 5.85. The topological polar surface area (TPSA) is 87.7 Å². The Hall–Kier alpha value is -2.08. The molecule has 22 heavy (non-hydrogen) atoms. The summed E-state index contributed by atoms with van der Waals surface area (Å²) >= 11 is 0. The molecule has 1 aromatic rings. The van der Waals surface area contributed by atoms with Crippen molar-refractivity contribution in [3.05, 3.63) is 35.9 Å². The van der Waals surface area contributed by atoms with Crippen molar-refractivity contribution in [2.75, 3.05) is 13.2 Å². The number of unbranched alkanes of at least 4 members (excludes halogenated alkanes) is 2. The minimum Gasteiger partial charge on any atom is -0.445 e. The van der Waals surface area contributed by atoms with Gasteiger partial charge in [-0.25, -0.2) is 4.79 Å². The van der Waals surface area contributed by atoms with Gasteiger partial charge in [-0.15, -0.1) is 0 Å².